The molecule has 2 N–H and O–H groups in total. The van der Waals surface area contributed by atoms with Gasteiger partial charge in [-0.05, 0) is 38.8 Å². The Balaban J connectivity index is 1.31. The Hall–Kier alpha value is -2.89. The summed E-state index contributed by atoms with van der Waals surface area (Å²) < 4.78 is 42.0. The van der Waals surface area contributed by atoms with Gasteiger partial charge in [0.15, 0.2) is 17.3 Å². The molecule has 0 saturated carbocycles. The lowest BCUT2D eigenvalue weighted by Crippen LogP contribution is -2.37. The monoisotopic (exact) mass is 464 g/mol. The largest absolute Gasteiger partial charge is 0.434 e. The molecule has 2 saturated heterocycles. The zero-order valence-electron chi connectivity index (χ0n) is 18.2. The summed E-state index contributed by atoms with van der Waals surface area (Å²) >= 11 is 0. The fraction of sp³-hybridized carbons (Fsp3) is 0.619. The second kappa shape index (κ2) is 8.81. The number of carbonyl (C=O) groups is 1. The molecule has 0 radical (unpaired) electrons. The van der Waals surface area contributed by atoms with Gasteiger partial charge in [-0.15, -0.1) is 0 Å². The number of hydrogen-bond donors (Lipinski definition) is 2. The summed E-state index contributed by atoms with van der Waals surface area (Å²) in [6, 6.07) is 0. The van der Waals surface area contributed by atoms with E-state index in [0.29, 0.717) is 55.6 Å². The van der Waals surface area contributed by atoms with Crippen LogP contribution in [0.3, 0.4) is 0 Å². The maximum absolute atomic E-state index is 13.4. The summed E-state index contributed by atoms with van der Waals surface area (Å²) in [5, 5.41) is 5.80. The number of anilines is 3. The third-order valence-corrected chi connectivity index (χ3v) is 6.62. The van der Waals surface area contributed by atoms with Crippen LogP contribution in [0.4, 0.5) is 30.5 Å². The highest BCUT2D eigenvalue weighted by molar-refractivity contribution is 6.02. The number of alkyl halides is 3. The molecular weight excluding hydrogens is 437 g/mol. The van der Waals surface area contributed by atoms with Crippen LogP contribution in [-0.2, 0) is 17.5 Å². The fourth-order valence-electron chi connectivity index (χ4n) is 4.89. The standard InChI is InChI=1S/C21H27F3N8O/c22-21(23,24)15-12-32(10-9-30-5-1-2-6-30)19(28-15)14-3-7-31(8-4-14)20-17-18(26-13-27-20)25-11-16(33)29-17/h12-14H,1-11H2,(H,29,33)(H,25,26,27). The molecule has 0 aliphatic carbocycles. The Morgan fingerprint density at radius 2 is 1.82 bits per heavy atom. The highest BCUT2D eigenvalue weighted by Crippen LogP contribution is 2.37. The number of piperidine rings is 1. The Morgan fingerprint density at radius 1 is 1.06 bits per heavy atom. The maximum Gasteiger partial charge on any atom is 0.434 e. The normalized spacial score (nSPS) is 20.0. The number of fused-ring (bicyclic) bond motifs is 1. The molecule has 33 heavy (non-hydrogen) atoms. The van der Waals surface area contributed by atoms with Crippen LogP contribution in [0, 0.1) is 0 Å². The number of rotatable bonds is 5. The molecular formula is C21H27F3N8O. The van der Waals surface area contributed by atoms with Crippen LogP contribution < -0.4 is 15.5 Å². The molecule has 178 valence electrons. The van der Waals surface area contributed by atoms with E-state index in [-0.39, 0.29) is 18.4 Å². The quantitative estimate of drug-likeness (QED) is 0.703. The Labute approximate surface area is 189 Å². The Kier molecular flexibility index (Phi) is 5.85. The lowest BCUT2D eigenvalue weighted by Gasteiger charge is -2.34. The van der Waals surface area contributed by atoms with Crippen LogP contribution in [0.25, 0.3) is 0 Å². The van der Waals surface area contributed by atoms with E-state index in [0.717, 1.165) is 32.5 Å². The van der Waals surface area contributed by atoms with Gasteiger partial charge in [-0.2, -0.15) is 13.2 Å². The molecule has 2 aromatic heterocycles. The van der Waals surface area contributed by atoms with Crippen molar-refractivity contribution >= 4 is 23.2 Å². The molecule has 2 aromatic rings. The van der Waals surface area contributed by atoms with Crippen molar-refractivity contribution in [2.45, 2.75) is 44.3 Å². The fourth-order valence-corrected chi connectivity index (χ4v) is 4.89. The number of nitrogens with one attached hydrogen (secondary N) is 2. The predicted molar refractivity (Wildman–Crippen MR) is 116 cm³/mol. The summed E-state index contributed by atoms with van der Waals surface area (Å²) in [6.07, 6.45) is 1.75. The predicted octanol–water partition coefficient (Wildman–Crippen LogP) is 2.54. The minimum atomic E-state index is -4.46. The number of aromatic nitrogens is 4. The van der Waals surface area contributed by atoms with Crippen LogP contribution >= 0.6 is 0 Å². The number of halogens is 3. The summed E-state index contributed by atoms with van der Waals surface area (Å²) in [5.74, 6) is 1.50. The van der Waals surface area contributed by atoms with Crippen molar-refractivity contribution in [2.24, 2.45) is 0 Å². The van der Waals surface area contributed by atoms with E-state index in [1.807, 2.05) is 4.90 Å². The third kappa shape index (κ3) is 4.61. The van der Waals surface area contributed by atoms with Crippen molar-refractivity contribution in [3.05, 3.63) is 24.0 Å². The number of amides is 1. The van der Waals surface area contributed by atoms with Crippen molar-refractivity contribution in [2.75, 3.05) is 54.8 Å². The Morgan fingerprint density at radius 3 is 2.55 bits per heavy atom. The highest BCUT2D eigenvalue weighted by Gasteiger charge is 2.37. The van der Waals surface area contributed by atoms with Gasteiger partial charge in [0.2, 0.25) is 5.91 Å². The molecule has 0 aromatic carbocycles. The molecule has 0 atom stereocenters. The molecule has 0 spiro atoms. The van der Waals surface area contributed by atoms with Gasteiger partial charge in [0.25, 0.3) is 0 Å². The number of hydrogen-bond acceptors (Lipinski definition) is 7. The van der Waals surface area contributed by atoms with E-state index >= 15 is 0 Å². The zero-order valence-corrected chi connectivity index (χ0v) is 18.2. The molecule has 3 aliphatic heterocycles. The van der Waals surface area contributed by atoms with E-state index in [1.54, 1.807) is 4.57 Å². The van der Waals surface area contributed by atoms with Gasteiger partial charge in [0.1, 0.15) is 17.8 Å². The molecule has 3 aliphatic rings. The first-order valence-electron chi connectivity index (χ1n) is 11.4. The van der Waals surface area contributed by atoms with E-state index in [9.17, 15) is 18.0 Å². The lowest BCUT2D eigenvalue weighted by molar-refractivity contribution is -0.141. The average molecular weight is 464 g/mol. The Bertz CT molecular complexity index is 1010. The molecule has 5 heterocycles. The van der Waals surface area contributed by atoms with Crippen molar-refractivity contribution < 1.29 is 18.0 Å². The number of carbonyl (C=O) groups excluding carboxylic acids is 1. The summed E-state index contributed by atoms with van der Waals surface area (Å²) in [7, 11) is 0. The SMILES string of the molecule is O=C1CNc2ncnc(N3CCC(c4nc(C(F)(F)F)cn4CCN4CCCC4)CC3)c2N1. The lowest BCUT2D eigenvalue weighted by atomic mass is 9.95. The molecule has 9 nitrogen and oxygen atoms in total. The first-order valence-corrected chi connectivity index (χ1v) is 11.4. The summed E-state index contributed by atoms with van der Waals surface area (Å²) in [5.41, 5.74) is -0.265. The molecule has 0 unspecified atom stereocenters. The van der Waals surface area contributed by atoms with Crippen LogP contribution in [0.1, 0.15) is 43.1 Å². The number of nitrogens with zero attached hydrogens (tertiary/aromatic N) is 6. The summed E-state index contributed by atoms with van der Waals surface area (Å²) in [4.78, 5) is 28.7. The first kappa shape index (κ1) is 21.9. The first-order chi connectivity index (χ1) is 15.9. The molecule has 1 amide bonds. The molecule has 2 fully saturated rings. The van der Waals surface area contributed by atoms with Gasteiger partial charge in [0.05, 0.1) is 6.54 Å². The average Bonchev–Trinajstić information content (AvgIpc) is 3.47. The van der Waals surface area contributed by atoms with E-state index < -0.39 is 11.9 Å². The summed E-state index contributed by atoms with van der Waals surface area (Å²) in [6.45, 7) is 4.61. The molecule has 12 heteroatoms. The van der Waals surface area contributed by atoms with Gasteiger partial charge in [-0.25, -0.2) is 15.0 Å². The number of imidazole rings is 1. The van der Waals surface area contributed by atoms with Crippen LogP contribution in [0.15, 0.2) is 12.5 Å². The van der Waals surface area contributed by atoms with Gasteiger partial charge in [0, 0.05) is 38.3 Å². The third-order valence-electron chi connectivity index (χ3n) is 6.62. The van der Waals surface area contributed by atoms with Crippen LogP contribution in [-0.4, -0.2) is 69.6 Å². The maximum atomic E-state index is 13.4. The highest BCUT2D eigenvalue weighted by atomic mass is 19.4. The number of likely N-dealkylation sites (tertiary alicyclic amines) is 1. The zero-order chi connectivity index (χ0) is 23.0. The van der Waals surface area contributed by atoms with E-state index in [4.69, 9.17) is 0 Å². The van der Waals surface area contributed by atoms with Gasteiger partial charge in [-0.1, -0.05) is 0 Å². The van der Waals surface area contributed by atoms with Crippen molar-refractivity contribution in [3.8, 4) is 0 Å². The van der Waals surface area contributed by atoms with Crippen molar-refractivity contribution in [1.82, 2.24) is 24.4 Å². The van der Waals surface area contributed by atoms with Gasteiger partial charge >= 0.3 is 6.18 Å². The van der Waals surface area contributed by atoms with Gasteiger partial charge < -0.3 is 25.0 Å². The second-order valence-electron chi connectivity index (χ2n) is 8.81. The van der Waals surface area contributed by atoms with E-state index in [2.05, 4.69) is 30.5 Å². The minimum absolute atomic E-state index is 0.0682. The minimum Gasteiger partial charge on any atom is -0.359 e. The van der Waals surface area contributed by atoms with Crippen molar-refractivity contribution in [1.29, 1.82) is 0 Å². The smallest absolute Gasteiger partial charge is 0.359 e. The topological polar surface area (TPSA) is 91.2 Å². The van der Waals surface area contributed by atoms with Crippen molar-refractivity contribution in [3.63, 3.8) is 0 Å². The van der Waals surface area contributed by atoms with E-state index in [1.165, 1.54) is 12.5 Å². The van der Waals surface area contributed by atoms with Gasteiger partial charge in [-0.3, -0.25) is 4.79 Å². The second-order valence-corrected chi connectivity index (χ2v) is 8.81. The van der Waals surface area contributed by atoms with Crippen LogP contribution in [0.5, 0.6) is 0 Å². The van der Waals surface area contributed by atoms with Crippen LogP contribution in [0.2, 0.25) is 0 Å². The molecule has 5 rings (SSSR count). The molecule has 0 bridgehead atoms.